The normalized spacial score (nSPS) is 24.1. The first kappa shape index (κ1) is 20.2. The molecule has 9 heteroatoms. The van der Waals surface area contributed by atoms with Crippen molar-refractivity contribution in [3.05, 3.63) is 28.7 Å². The minimum Gasteiger partial charge on any atom is -0.408 e. The second-order valence-corrected chi connectivity index (χ2v) is 10.2. The maximum absolute atomic E-state index is 13.2. The molecule has 2 aliphatic heterocycles. The highest BCUT2D eigenvalue weighted by Gasteiger charge is 2.36. The van der Waals surface area contributed by atoms with Crippen LogP contribution in [-0.4, -0.2) is 54.3 Å². The highest BCUT2D eigenvalue weighted by Crippen LogP contribution is 2.28. The lowest BCUT2D eigenvalue weighted by Crippen LogP contribution is -2.48. The third-order valence-electron chi connectivity index (χ3n) is 6.10. The lowest BCUT2D eigenvalue weighted by Gasteiger charge is -2.37. The maximum atomic E-state index is 13.2. The number of sulfonamides is 1. The van der Waals surface area contributed by atoms with Crippen molar-refractivity contribution >= 4 is 27.0 Å². The fourth-order valence-corrected chi connectivity index (χ4v) is 5.97. The van der Waals surface area contributed by atoms with E-state index in [9.17, 15) is 18.0 Å². The third kappa shape index (κ3) is 3.73. The van der Waals surface area contributed by atoms with Gasteiger partial charge in [0.25, 0.3) is 0 Å². The SMILES string of the molecule is C[C@H]1CCCN(C(=O)[C@@H]2CCCN(S(=O)(=O)c3ccc4c(c3)oc(=O)n4C)C2)C1. The molecule has 8 nitrogen and oxygen atoms in total. The number of rotatable bonds is 3. The number of aryl methyl sites for hydroxylation is 1. The van der Waals surface area contributed by atoms with Crippen LogP contribution < -0.4 is 5.76 Å². The van der Waals surface area contributed by atoms with E-state index in [2.05, 4.69) is 6.92 Å². The minimum absolute atomic E-state index is 0.0703. The second-order valence-electron chi connectivity index (χ2n) is 8.29. The summed E-state index contributed by atoms with van der Waals surface area (Å²) in [5.74, 6) is -0.277. The number of hydrogen-bond donors (Lipinski definition) is 0. The lowest BCUT2D eigenvalue weighted by atomic mass is 9.94. The van der Waals surface area contributed by atoms with E-state index in [1.807, 2.05) is 4.90 Å². The van der Waals surface area contributed by atoms with E-state index >= 15 is 0 Å². The molecule has 3 heterocycles. The lowest BCUT2D eigenvalue weighted by molar-refractivity contribution is -0.138. The molecule has 1 aromatic carbocycles. The minimum atomic E-state index is -3.77. The molecule has 0 aliphatic carbocycles. The Balaban J connectivity index is 1.55. The van der Waals surface area contributed by atoms with Crippen molar-refractivity contribution in [2.24, 2.45) is 18.9 Å². The van der Waals surface area contributed by atoms with Gasteiger partial charge in [0.05, 0.1) is 16.3 Å². The zero-order chi connectivity index (χ0) is 20.8. The molecule has 0 spiro atoms. The molecule has 0 N–H and O–H groups in total. The Hall–Kier alpha value is -2.13. The van der Waals surface area contributed by atoms with Gasteiger partial charge in [-0.1, -0.05) is 6.92 Å². The summed E-state index contributed by atoms with van der Waals surface area (Å²) in [5, 5.41) is 0. The molecule has 2 aliphatic rings. The number of likely N-dealkylation sites (tertiary alicyclic amines) is 1. The number of benzene rings is 1. The summed E-state index contributed by atoms with van der Waals surface area (Å²) in [6.45, 7) is 4.25. The Bertz CT molecular complexity index is 1090. The van der Waals surface area contributed by atoms with Crippen molar-refractivity contribution in [3.63, 3.8) is 0 Å². The van der Waals surface area contributed by atoms with E-state index < -0.39 is 15.8 Å². The predicted octanol–water partition coefficient (Wildman–Crippen LogP) is 1.79. The molecule has 2 saturated heterocycles. The van der Waals surface area contributed by atoms with Gasteiger partial charge in [-0.3, -0.25) is 9.36 Å². The molecule has 2 fully saturated rings. The highest BCUT2D eigenvalue weighted by molar-refractivity contribution is 7.89. The standard InChI is InChI=1S/C20H27N3O5S/c1-14-5-3-9-22(12-14)19(24)15-6-4-10-23(13-15)29(26,27)16-7-8-17-18(11-16)28-20(25)21(17)2/h7-8,11,14-15H,3-6,9-10,12-13H2,1-2H3/t14-,15+/m0/s1. The Morgan fingerprint density at radius 1 is 1.14 bits per heavy atom. The molecule has 0 radical (unpaired) electrons. The second kappa shape index (κ2) is 7.60. The number of fused-ring (bicyclic) bond motifs is 1. The van der Waals surface area contributed by atoms with Gasteiger partial charge in [0, 0.05) is 39.3 Å². The monoisotopic (exact) mass is 421 g/mol. The zero-order valence-corrected chi connectivity index (χ0v) is 17.7. The van der Waals surface area contributed by atoms with E-state index in [1.54, 1.807) is 13.1 Å². The molecule has 29 heavy (non-hydrogen) atoms. The van der Waals surface area contributed by atoms with Gasteiger partial charge in [-0.15, -0.1) is 0 Å². The number of amides is 1. The Kier molecular flexibility index (Phi) is 5.29. The molecule has 0 bridgehead atoms. The first-order valence-electron chi connectivity index (χ1n) is 10.2. The predicted molar refractivity (Wildman–Crippen MR) is 108 cm³/mol. The molecule has 1 aromatic heterocycles. The number of oxazole rings is 1. The molecular weight excluding hydrogens is 394 g/mol. The molecule has 0 unspecified atom stereocenters. The number of carbonyl (C=O) groups excluding carboxylic acids is 1. The van der Waals surface area contributed by atoms with Crippen LogP contribution in [0.15, 0.2) is 32.3 Å². The highest BCUT2D eigenvalue weighted by atomic mass is 32.2. The van der Waals surface area contributed by atoms with Gasteiger partial charge < -0.3 is 9.32 Å². The zero-order valence-electron chi connectivity index (χ0n) is 16.8. The average molecular weight is 422 g/mol. The Morgan fingerprint density at radius 2 is 1.90 bits per heavy atom. The number of hydrogen-bond acceptors (Lipinski definition) is 5. The summed E-state index contributed by atoms with van der Waals surface area (Å²) in [6.07, 6.45) is 3.50. The van der Waals surface area contributed by atoms with Crippen molar-refractivity contribution < 1.29 is 17.6 Å². The summed E-state index contributed by atoms with van der Waals surface area (Å²) in [7, 11) is -2.20. The first-order chi connectivity index (χ1) is 13.8. The molecule has 1 amide bonds. The van der Waals surface area contributed by atoms with Gasteiger partial charge >= 0.3 is 5.76 Å². The van der Waals surface area contributed by atoms with Crippen molar-refractivity contribution in [2.75, 3.05) is 26.2 Å². The van der Waals surface area contributed by atoms with Gasteiger partial charge in [0.1, 0.15) is 0 Å². The summed E-state index contributed by atoms with van der Waals surface area (Å²) in [4.78, 5) is 26.6. The average Bonchev–Trinajstić information content (AvgIpc) is 3.00. The van der Waals surface area contributed by atoms with E-state index in [0.29, 0.717) is 30.8 Å². The van der Waals surface area contributed by atoms with Crippen molar-refractivity contribution in [2.45, 2.75) is 37.5 Å². The first-order valence-corrected chi connectivity index (χ1v) is 11.6. The van der Waals surface area contributed by atoms with Crippen LogP contribution >= 0.6 is 0 Å². The van der Waals surface area contributed by atoms with Crippen molar-refractivity contribution in [3.8, 4) is 0 Å². The van der Waals surface area contributed by atoms with Gasteiger partial charge in [0.15, 0.2) is 5.58 Å². The van der Waals surface area contributed by atoms with Crippen LogP contribution in [-0.2, 0) is 21.9 Å². The summed E-state index contributed by atoms with van der Waals surface area (Å²) >= 11 is 0. The van der Waals surface area contributed by atoms with Crippen molar-refractivity contribution in [1.82, 2.24) is 13.8 Å². The molecule has 2 aromatic rings. The fourth-order valence-electron chi connectivity index (χ4n) is 4.43. The molecule has 158 valence electrons. The van der Waals surface area contributed by atoms with Crippen LogP contribution in [0.4, 0.5) is 0 Å². The van der Waals surface area contributed by atoms with E-state index in [-0.39, 0.29) is 28.8 Å². The Labute approximate surface area is 170 Å². The third-order valence-corrected chi connectivity index (χ3v) is 7.96. The number of piperidine rings is 2. The van der Waals surface area contributed by atoms with Crippen LogP contribution in [0, 0.1) is 11.8 Å². The maximum Gasteiger partial charge on any atom is 0.419 e. The number of aromatic nitrogens is 1. The van der Waals surface area contributed by atoms with Gasteiger partial charge in [-0.2, -0.15) is 4.31 Å². The quantitative estimate of drug-likeness (QED) is 0.753. The summed E-state index contributed by atoms with van der Waals surface area (Å²) < 4.78 is 34.3. The smallest absolute Gasteiger partial charge is 0.408 e. The van der Waals surface area contributed by atoms with Crippen LogP contribution in [0.5, 0.6) is 0 Å². The van der Waals surface area contributed by atoms with Crippen LogP contribution in [0.1, 0.15) is 32.6 Å². The number of nitrogens with zero attached hydrogens (tertiary/aromatic N) is 3. The molecule has 0 saturated carbocycles. The van der Waals surface area contributed by atoms with E-state index in [1.165, 1.54) is 21.0 Å². The van der Waals surface area contributed by atoms with E-state index in [4.69, 9.17) is 4.42 Å². The van der Waals surface area contributed by atoms with E-state index in [0.717, 1.165) is 25.9 Å². The Morgan fingerprint density at radius 3 is 2.66 bits per heavy atom. The van der Waals surface area contributed by atoms with Crippen LogP contribution in [0.3, 0.4) is 0 Å². The largest absolute Gasteiger partial charge is 0.419 e. The molecule has 2 atom stereocenters. The van der Waals surface area contributed by atoms with Gasteiger partial charge in [-0.25, -0.2) is 13.2 Å². The summed E-state index contributed by atoms with van der Waals surface area (Å²) in [6, 6.07) is 4.46. The number of carbonyl (C=O) groups is 1. The van der Waals surface area contributed by atoms with Gasteiger partial charge in [-0.05, 0) is 43.7 Å². The summed E-state index contributed by atoms with van der Waals surface area (Å²) in [5.41, 5.74) is 0.783. The molecule has 4 rings (SSSR count). The van der Waals surface area contributed by atoms with Crippen LogP contribution in [0.2, 0.25) is 0 Å². The fraction of sp³-hybridized carbons (Fsp3) is 0.600. The molecular formula is C20H27N3O5S. The van der Waals surface area contributed by atoms with Crippen molar-refractivity contribution in [1.29, 1.82) is 0 Å². The topological polar surface area (TPSA) is 92.8 Å². The van der Waals surface area contributed by atoms with Crippen LogP contribution in [0.25, 0.3) is 11.1 Å². The van der Waals surface area contributed by atoms with Gasteiger partial charge in [0.2, 0.25) is 15.9 Å².